The molecule has 0 saturated heterocycles. The van der Waals surface area contributed by atoms with Crippen LogP contribution < -0.4 is 15.8 Å². The van der Waals surface area contributed by atoms with Crippen molar-refractivity contribution in [3.05, 3.63) is 35.8 Å². The Morgan fingerprint density at radius 1 is 1.33 bits per heavy atom. The Morgan fingerprint density at radius 2 is 2.12 bits per heavy atom. The lowest BCUT2D eigenvalue weighted by Gasteiger charge is -2.18. The molecule has 24 heavy (non-hydrogen) atoms. The molecule has 0 saturated carbocycles. The van der Waals surface area contributed by atoms with Gasteiger partial charge in [-0.3, -0.25) is 4.98 Å². The zero-order valence-corrected chi connectivity index (χ0v) is 15.0. The second-order valence-corrected chi connectivity index (χ2v) is 5.31. The summed E-state index contributed by atoms with van der Waals surface area (Å²) >= 11 is 0. The van der Waals surface area contributed by atoms with Gasteiger partial charge in [0.05, 0.1) is 24.5 Å². The van der Waals surface area contributed by atoms with Gasteiger partial charge in [0.25, 0.3) is 0 Å². The van der Waals surface area contributed by atoms with Crippen LogP contribution in [0, 0.1) is 6.92 Å². The van der Waals surface area contributed by atoms with Crippen LogP contribution in [0.15, 0.2) is 24.4 Å². The highest BCUT2D eigenvalue weighted by atomic mass is 32.1. The van der Waals surface area contributed by atoms with Crippen molar-refractivity contribution in [2.45, 2.75) is 39.3 Å². The molecule has 7 nitrogen and oxygen atoms in total. The van der Waals surface area contributed by atoms with E-state index in [1.54, 1.807) is 0 Å². The van der Waals surface area contributed by atoms with Crippen LogP contribution in [0.3, 0.4) is 0 Å². The van der Waals surface area contributed by atoms with Gasteiger partial charge in [-0.15, -0.1) is 0 Å². The van der Waals surface area contributed by atoms with E-state index in [9.17, 15) is 5.11 Å². The molecule has 0 aliphatic heterocycles. The summed E-state index contributed by atoms with van der Waals surface area (Å²) in [6.45, 7) is 4.30. The molecule has 0 aliphatic carbocycles. The van der Waals surface area contributed by atoms with Crippen LogP contribution in [0.2, 0.25) is 0 Å². The summed E-state index contributed by atoms with van der Waals surface area (Å²) in [6.07, 6.45) is 3.29. The number of anilines is 2. The largest absolute Gasteiger partial charge is 0.482 e. The van der Waals surface area contributed by atoms with Crippen molar-refractivity contribution < 1.29 is 9.84 Å². The second-order valence-electron chi connectivity index (χ2n) is 5.31. The van der Waals surface area contributed by atoms with Crippen molar-refractivity contribution in [1.82, 2.24) is 15.0 Å². The fourth-order valence-corrected chi connectivity index (χ4v) is 2.18. The Morgan fingerprint density at radius 3 is 2.79 bits per heavy atom. The van der Waals surface area contributed by atoms with Crippen molar-refractivity contribution >= 4 is 25.3 Å². The maximum atomic E-state index is 9.43. The smallest absolute Gasteiger partial charge is 0.222 e. The summed E-state index contributed by atoms with van der Waals surface area (Å²) < 4.78 is 5.77. The van der Waals surface area contributed by atoms with E-state index in [4.69, 9.17) is 10.5 Å². The quantitative estimate of drug-likeness (QED) is 0.668. The van der Waals surface area contributed by atoms with E-state index in [2.05, 4.69) is 27.2 Å². The molecule has 4 N–H and O–H groups in total. The fraction of sp³-hybridized carbons (Fsp3) is 0.438. The summed E-state index contributed by atoms with van der Waals surface area (Å²) in [5.74, 6) is 1.12. The maximum Gasteiger partial charge on any atom is 0.222 e. The molecule has 0 aliphatic rings. The first kappa shape index (κ1) is 20.0. The molecule has 2 aromatic heterocycles. The van der Waals surface area contributed by atoms with Crippen LogP contribution in [0.25, 0.3) is 0 Å². The lowest BCUT2D eigenvalue weighted by molar-refractivity contribution is 0.266. The molecule has 8 heteroatoms. The lowest BCUT2D eigenvalue weighted by Crippen LogP contribution is -2.24. The number of aliphatic hydroxyl groups is 1. The number of rotatable bonds is 8. The number of hydrogen-bond acceptors (Lipinski definition) is 7. The molecule has 2 aromatic rings. The molecule has 0 radical (unpaired) electrons. The van der Waals surface area contributed by atoms with E-state index in [1.165, 1.54) is 6.20 Å². The average molecular weight is 351 g/mol. The van der Waals surface area contributed by atoms with Gasteiger partial charge in [0.1, 0.15) is 6.61 Å². The molecule has 132 valence electrons. The standard InChI is InChI=1S/C16H23N5O2.H2S/c1-3-5-12(9-22)20-15-14(8-18-16(17)21-15)23-10-13-7-4-6-11(2)19-13;/h4,6-8,12,22H,3,5,9-10H2,1-2H3,(H3,17,18,20,21);1H2/t12-;/m0./s1. The highest BCUT2D eigenvalue weighted by Gasteiger charge is 2.13. The number of aromatic nitrogens is 3. The van der Waals surface area contributed by atoms with Gasteiger partial charge in [-0.1, -0.05) is 19.4 Å². The SMILES string of the molecule is CCC[C@@H](CO)Nc1nc(N)ncc1OCc1cccc(C)n1.S. The van der Waals surface area contributed by atoms with E-state index in [0.717, 1.165) is 24.2 Å². The monoisotopic (exact) mass is 351 g/mol. The minimum atomic E-state index is -0.103. The molecular formula is C16H25N5O2S. The Bertz CT molecular complexity index is 642. The summed E-state index contributed by atoms with van der Waals surface area (Å²) in [5.41, 5.74) is 7.40. The van der Waals surface area contributed by atoms with E-state index < -0.39 is 0 Å². The van der Waals surface area contributed by atoms with Crippen molar-refractivity contribution in [2.75, 3.05) is 17.7 Å². The molecule has 2 heterocycles. The van der Waals surface area contributed by atoms with E-state index in [-0.39, 0.29) is 32.1 Å². The van der Waals surface area contributed by atoms with Gasteiger partial charge in [0, 0.05) is 5.69 Å². The van der Waals surface area contributed by atoms with Gasteiger partial charge in [0.2, 0.25) is 5.95 Å². The van der Waals surface area contributed by atoms with Gasteiger partial charge in [0.15, 0.2) is 11.6 Å². The lowest BCUT2D eigenvalue weighted by atomic mass is 10.2. The van der Waals surface area contributed by atoms with Crippen LogP contribution in [0.1, 0.15) is 31.2 Å². The minimum Gasteiger partial charge on any atom is -0.482 e. The van der Waals surface area contributed by atoms with Crippen LogP contribution in [-0.4, -0.2) is 32.7 Å². The third kappa shape index (κ3) is 5.86. The maximum absolute atomic E-state index is 9.43. The number of pyridine rings is 1. The van der Waals surface area contributed by atoms with Gasteiger partial charge in [-0.05, 0) is 25.5 Å². The van der Waals surface area contributed by atoms with Crippen LogP contribution in [0.5, 0.6) is 5.75 Å². The van der Waals surface area contributed by atoms with E-state index in [0.29, 0.717) is 18.2 Å². The number of nitrogens with one attached hydrogen (secondary N) is 1. The predicted molar refractivity (Wildman–Crippen MR) is 99.5 cm³/mol. The molecule has 2 rings (SSSR count). The third-order valence-electron chi connectivity index (χ3n) is 3.29. The predicted octanol–water partition coefficient (Wildman–Crippen LogP) is 2.03. The number of ether oxygens (including phenoxy) is 1. The van der Waals surface area contributed by atoms with Gasteiger partial charge in [-0.25, -0.2) is 4.98 Å². The molecule has 0 fully saturated rings. The third-order valence-corrected chi connectivity index (χ3v) is 3.29. The highest BCUT2D eigenvalue weighted by Crippen LogP contribution is 2.24. The Kier molecular flexibility index (Phi) is 8.28. The molecule has 0 bridgehead atoms. The first-order chi connectivity index (χ1) is 11.1. The average Bonchev–Trinajstić information content (AvgIpc) is 2.53. The molecular weight excluding hydrogens is 326 g/mol. The van der Waals surface area contributed by atoms with Crippen molar-refractivity contribution in [3.63, 3.8) is 0 Å². The summed E-state index contributed by atoms with van der Waals surface area (Å²) in [6, 6.07) is 5.65. The van der Waals surface area contributed by atoms with Crippen LogP contribution in [-0.2, 0) is 6.61 Å². The molecule has 0 spiro atoms. The fourth-order valence-electron chi connectivity index (χ4n) is 2.18. The highest BCUT2D eigenvalue weighted by molar-refractivity contribution is 7.59. The summed E-state index contributed by atoms with van der Waals surface area (Å²) in [7, 11) is 0. The first-order valence-corrected chi connectivity index (χ1v) is 7.67. The molecule has 0 amide bonds. The van der Waals surface area contributed by atoms with Crippen molar-refractivity contribution in [2.24, 2.45) is 0 Å². The number of nitrogen functional groups attached to an aromatic ring is 1. The van der Waals surface area contributed by atoms with Crippen LogP contribution in [0.4, 0.5) is 11.8 Å². The first-order valence-electron chi connectivity index (χ1n) is 7.67. The summed E-state index contributed by atoms with van der Waals surface area (Å²) in [4.78, 5) is 12.5. The van der Waals surface area contributed by atoms with Crippen LogP contribution >= 0.6 is 13.5 Å². The number of nitrogens with two attached hydrogens (primary N) is 1. The minimum absolute atomic E-state index is 0. The zero-order chi connectivity index (χ0) is 16.7. The van der Waals surface area contributed by atoms with E-state index in [1.807, 2.05) is 25.1 Å². The zero-order valence-electron chi connectivity index (χ0n) is 14.0. The number of nitrogens with zero attached hydrogens (tertiary/aromatic N) is 3. The van der Waals surface area contributed by atoms with Gasteiger partial charge >= 0.3 is 0 Å². The number of hydrogen-bond donors (Lipinski definition) is 3. The molecule has 0 unspecified atom stereocenters. The number of aryl methyl sites for hydroxylation is 1. The van der Waals surface area contributed by atoms with E-state index >= 15 is 0 Å². The van der Waals surface area contributed by atoms with Gasteiger partial charge in [-0.2, -0.15) is 18.5 Å². The number of aliphatic hydroxyl groups excluding tert-OH is 1. The molecule has 1 atom stereocenters. The Hall–Kier alpha value is -2.06. The second kappa shape index (κ2) is 9.94. The summed E-state index contributed by atoms with van der Waals surface area (Å²) in [5, 5.41) is 12.6. The Labute approximate surface area is 149 Å². The molecule has 0 aromatic carbocycles. The van der Waals surface area contributed by atoms with Crippen molar-refractivity contribution in [1.29, 1.82) is 0 Å². The Balaban J connectivity index is 0.00000288. The normalized spacial score (nSPS) is 11.5. The van der Waals surface area contributed by atoms with Gasteiger partial charge < -0.3 is 20.9 Å². The van der Waals surface area contributed by atoms with Crippen molar-refractivity contribution in [3.8, 4) is 5.75 Å². The topological polar surface area (TPSA) is 106 Å².